The Morgan fingerprint density at radius 3 is 1.86 bits per heavy atom. The maximum absolute atomic E-state index is 10.4. The fraction of sp³-hybridized carbons (Fsp3) is 0.632. The molecule has 0 aliphatic carbocycles. The molecule has 0 fully saturated rings. The average molecular weight is 289 g/mol. The Hall–Kier alpha value is -1.31. The van der Waals surface area contributed by atoms with Gasteiger partial charge in [0.2, 0.25) is 6.29 Å². The number of unbranched alkanes of at least 4 members (excludes halogenated alkanes) is 9. The molecule has 1 aromatic carbocycles. The number of carbonyl (C=O) groups excluding carboxylic acids is 1. The van der Waals surface area contributed by atoms with Crippen LogP contribution in [0.15, 0.2) is 24.3 Å². The summed E-state index contributed by atoms with van der Waals surface area (Å²) in [7, 11) is 0. The number of hydrogen-bond acceptors (Lipinski definition) is 2. The lowest BCUT2D eigenvalue weighted by atomic mass is 10.1. The van der Waals surface area contributed by atoms with Crippen molar-refractivity contribution in [2.45, 2.75) is 71.1 Å². The summed E-state index contributed by atoms with van der Waals surface area (Å²) in [6.45, 7) is 3.03. The first-order valence-electron chi connectivity index (χ1n) is 8.48. The molecule has 1 aromatic rings. The van der Waals surface area contributed by atoms with Gasteiger partial charge in [-0.05, 0) is 30.7 Å². The van der Waals surface area contributed by atoms with Gasteiger partial charge >= 0.3 is 0 Å². The van der Waals surface area contributed by atoms with E-state index in [0.29, 0.717) is 5.56 Å². The van der Waals surface area contributed by atoms with Crippen molar-refractivity contribution in [2.24, 2.45) is 0 Å². The van der Waals surface area contributed by atoms with E-state index in [0.717, 1.165) is 18.8 Å². The first-order valence-corrected chi connectivity index (χ1v) is 8.48. The third-order valence-electron chi connectivity index (χ3n) is 3.74. The number of benzene rings is 1. The highest BCUT2D eigenvalue weighted by Gasteiger charge is 1.96. The third kappa shape index (κ3) is 9.28. The molecule has 0 saturated carbocycles. The van der Waals surface area contributed by atoms with Gasteiger partial charge in [0.15, 0.2) is 0 Å². The first kappa shape index (κ1) is 17.7. The summed E-state index contributed by atoms with van der Waals surface area (Å²) in [6, 6.07) is 7.13. The predicted octanol–water partition coefficient (Wildman–Crippen LogP) is 5.44. The fourth-order valence-electron chi connectivity index (χ4n) is 2.40. The summed E-state index contributed by atoms with van der Waals surface area (Å²) in [5, 5.41) is 0. The minimum atomic E-state index is 0.571. The summed E-state index contributed by atoms with van der Waals surface area (Å²) >= 11 is 0. The Morgan fingerprint density at radius 2 is 1.33 bits per heavy atom. The highest BCUT2D eigenvalue weighted by molar-refractivity contribution is 5.75. The molecular formula is C19H29O2. The Morgan fingerprint density at radius 1 is 0.810 bits per heavy atom. The molecule has 0 bridgehead atoms. The second-order valence-electron chi connectivity index (χ2n) is 5.66. The molecule has 2 nitrogen and oxygen atoms in total. The van der Waals surface area contributed by atoms with E-state index in [9.17, 15) is 4.79 Å². The van der Waals surface area contributed by atoms with Gasteiger partial charge in [0.1, 0.15) is 5.75 Å². The quantitative estimate of drug-likeness (QED) is 0.452. The van der Waals surface area contributed by atoms with Crippen molar-refractivity contribution in [1.82, 2.24) is 0 Å². The molecular weight excluding hydrogens is 260 g/mol. The standard InChI is InChI=1S/C19H29O2/c1-2-3-4-5-6-7-8-9-10-11-16-21-19-14-12-18(17-20)13-15-19/h12-15H,2-11,16H2,1H3. The van der Waals surface area contributed by atoms with E-state index in [1.165, 1.54) is 57.8 Å². The van der Waals surface area contributed by atoms with Gasteiger partial charge in [-0.1, -0.05) is 64.7 Å². The molecule has 2 heteroatoms. The van der Waals surface area contributed by atoms with E-state index in [1.54, 1.807) is 12.1 Å². The van der Waals surface area contributed by atoms with E-state index in [2.05, 4.69) is 6.92 Å². The van der Waals surface area contributed by atoms with Gasteiger partial charge in [-0.3, -0.25) is 4.79 Å². The van der Waals surface area contributed by atoms with Crippen LogP contribution in [-0.2, 0) is 4.79 Å². The molecule has 0 aromatic heterocycles. The molecule has 1 radical (unpaired) electrons. The van der Waals surface area contributed by atoms with E-state index in [1.807, 2.05) is 18.4 Å². The van der Waals surface area contributed by atoms with Crippen molar-refractivity contribution in [3.05, 3.63) is 29.8 Å². The molecule has 0 saturated heterocycles. The van der Waals surface area contributed by atoms with Gasteiger partial charge in [0.25, 0.3) is 0 Å². The van der Waals surface area contributed by atoms with Crippen LogP contribution in [0.5, 0.6) is 5.75 Å². The monoisotopic (exact) mass is 289 g/mol. The normalized spacial score (nSPS) is 10.5. The van der Waals surface area contributed by atoms with Gasteiger partial charge in [-0.25, -0.2) is 0 Å². The largest absolute Gasteiger partial charge is 0.494 e. The van der Waals surface area contributed by atoms with Gasteiger partial charge < -0.3 is 4.74 Å². The van der Waals surface area contributed by atoms with Crippen molar-refractivity contribution in [1.29, 1.82) is 0 Å². The van der Waals surface area contributed by atoms with E-state index >= 15 is 0 Å². The fourth-order valence-corrected chi connectivity index (χ4v) is 2.40. The summed E-state index contributed by atoms with van der Waals surface area (Å²) in [5.41, 5.74) is 0.571. The minimum Gasteiger partial charge on any atom is -0.494 e. The number of rotatable bonds is 13. The molecule has 1 rings (SSSR count). The van der Waals surface area contributed by atoms with Crippen LogP contribution in [0.4, 0.5) is 0 Å². The molecule has 117 valence electrons. The number of ether oxygens (including phenoxy) is 1. The zero-order valence-corrected chi connectivity index (χ0v) is 13.4. The molecule has 0 aliphatic heterocycles. The highest BCUT2D eigenvalue weighted by atomic mass is 16.5. The van der Waals surface area contributed by atoms with Crippen LogP contribution in [0.25, 0.3) is 0 Å². The zero-order valence-electron chi connectivity index (χ0n) is 13.4. The van der Waals surface area contributed by atoms with E-state index in [-0.39, 0.29) is 0 Å². The smallest absolute Gasteiger partial charge is 0.233 e. The Balaban J connectivity index is 1.89. The van der Waals surface area contributed by atoms with Crippen molar-refractivity contribution in [2.75, 3.05) is 6.61 Å². The van der Waals surface area contributed by atoms with Crippen LogP contribution >= 0.6 is 0 Å². The second kappa shape index (κ2) is 12.4. The third-order valence-corrected chi connectivity index (χ3v) is 3.74. The Bertz CT molecular complexity index is 356. The van der Waals surface area contributed by atoms with Gasteiger partial charge in [0, 0.05) is 5.56 Å². The van der Waals surface area contributed by atoms with Crippen LogP contribution in [0.2, 0.25) is 0 Å². The van der Waals surface area contributed by atoms with Gasteiger partial charge in [0.05, 0.1) is 6.61 Å². The summed E-state index contributed by atoms with van der Waals surface area (Å²) in [4.78, 5) is 10.4. The molecule has 0 atom stereocenters. The van der Waals surface area contributed by atoms with Crippen molar-refractivity contribution in [3.8, 4) is 5.75 Å². The summed E-state index contributed by atoms with van der Waals surface area (Å²) < 4.78 is 5.65. The van der Waals surface area contributed by atoms with Crippen molar-refractivity contribution < 1.29 is 9.53 Å². The predicted molar refractivity (Wildman–Crippen MR) is 88.6 cm³/mol. The average Bonchev–Trinajstić information content (AvgIpc) is 2.53. The SMILES string of the molecule is CCCCCCCCCCCCOc1ccc([C]=O)cc1. The molecule has 0 spiro atoms. The Kier molecular flexibility index (Phi) is 10.5. The maximum Gasteiger partial charge on any atom is 0.233 e. The van der Waals surface area contributed by atoms with Gasteiger partial charge in [-0.2, -0.15) is 0 Å². The highest BCUT2D eigenvalue weighted by Crippen LogP contribution is 2.13. The van der Waals surface area contributed by atoms with Crippen LogP contribution in [-0.4, -0.2) is 12.9 Å². The van der Waals surface area contributed by atoms with E-state index < -0.39 is 0 Å². The van der Waals surface area contributed by atoms with Crippen LogP contribution < -0.4 is 4.74 Å². The molecule has 0 aliphatic rings. The zero-order chi connectivity index (χ0) is 15.2. The van der Waals surface area contributed by atoms with Crippen molar-refractivity contribution >= 4 is 6.29 Å². The minimum absolute atomic E-state index is 0.571. The topological polar surface area (TPSA) is 26.3 Å². The van der Waals surface area contributed by atoms with Crippen molar-refractivity contribution in [3.63, 3.8) is 0 Å². The van der Waals surface area contributed by atoms with Gasteiger partial charge in [-0.15, -0.1) is 0 Å². The molecule has 21 heavy (non-hydrogen) atoms. The van der Waals surface area contributed by atoms with Crippen LogP contribution in [0.1, 0.15) is 76.7 Å². The lowest BCUT2D eigenvalue weighted by molar-refractivity contribution is 0.304. The summed E-state index contributed by atoms with van der Waals surface area (Å²) in [5.74, 6) is 0.838. The molecule has 0 N–H and O–H groups in total. The summed E-state index contributed by atoms with van der Waals surface area (Å²) in [6.07, 6.45) is 15.2. The Labute approximate surface area is 129 Å². The molecule has 0 heterocycles. The molecule has 0 unspecified atom stereocenters. The maximum atomic E-state index is 10.4. The lowest BCUT2D eigenvalue weighted by Gasteiger charge is -2.06. The number of hydrogen-bond donors (Lipinski definition) is 0. The lowest BCUT2D eigenvalue weighted by Crippen LogP contribution is -1.97. The van der Waals surface area contributed by atoms with Crippen LogP contribution in [0, 0.1) is 0 Å². The first-order chi connectivity index (χ1) is 10.4. The van der Waals surface area contributed by atoms with E-state index in [4.69, 9.17) is 4.74 Å². The molecule has 0 amide bonds. The van der Waals surface area contributed by atoms with Crippen LogP contribution in [0.3, 0.4) is 0 Å². The second-order valence-corrected chi connectivity index (χ2v) is 5.66.